The van der Waals surface area contributed by atoms with E-state index in [-0.39, 0.29) is 10.9 Å². The van der Waals surface area contributed by atoms with Gasteiger partial charge in [0.15, 0.2) is 24.5 Å². The molecular weight excluding hydrogens is 209 g/mol. The summed E-state index contributed by atoms with van der Waals surface area (Å²) in [5.41, 5.74) is -0.923. The average Bonchev–Trinajstić information content (AvgIpc) is 2.17. The van der Waals surface area contributed by atoms with Crippen molar-refractivity contribution < 1.29 is 17.9 Å². The number of benzene rings is 1. The molecule has 0 spiro atoms. The molecule has 0 fully saturated rings. The summed E-state index contributed by atoms with van der Waals surface area (Å²) in [5.74, 6) is -4.36. The molecule has 1 N–H and O–H groups in total. The molecule has 3 nitrogen and oxygen atoms in total. The van der Waals surface area contributed by atoms with Gasteiger partial charge < -0.3 is 0 Å². The van der Waals surface area contributed by atoms with Crippen LogP contribution >= 0.6 is 0 Å². The third-order valence-electron chi connectivity index (χ3n) is 2.03. The second-order valence-electron chi connectivity index (χ2n) is 3.12. The van der Waals surface area contributed by atoms with Gasteiger partial charge in [0, 0.05) is 0 Å². The fourth-order valence-corrected chi connectivity index (χ4v) is 1.35. The van der Waals surface area contributed by atoms with Crippen molar-refractivity contribution in [2.75, 3.05) is 0 Å². The summed E-state index contributed by atoms with van der Waals surface area (Å²) >= 11 is 0. The summed E-state index contributed by atoms with van der Waals surface area (Å²) in [6, 6.07) is 0.673. The normalized spacial score (nSPS) is 10.9. The van der Waals surface area contributed by atoms with Gasteiger partial charge in [-0.25, -0.2) is 13.2 Å². The van der Waals surface area contributed by atoms with Gasteiger partial charge in [-0.2, -0.15) is 5.10 Å². The molecule has 2 rings (SSSR count). The lowest BCUT2D eigenvalue weighted by atomic mass is 10.2. The minimum Gasteiger partial charge on any atom is -0.282 e. The summed E-state index contributed by atoms with van der Waals surface area (Å²) in [6.07, 6.45) is 1.11. The van der Waals surface area contributed by atoms with Gasteiger partial charge in [0.25, 0.3) is 5.43 Å². The minimum atomic E-state index is -1.59. The summed E-state index contributed by atoms with van der Waals surface area (Å²) in [4.78, 5) is 11.3. The van der Waals surface area contributed by atoms with Crippen molar-refractivity contribution in [2.45, 2.75) is 0 Å². The van der Waals surface area contributed by atoms with E-state index in [1.807, 2.05) is 0 Å². The van der Waals surface area contributed by atoms with Crippen molar-refractivity contribution in [3.8, 4) is 0 Å². The van der Waals surface area contributed by atoms with Gasteiger partial charge in [-0.05, 0) is 6.07 Å². The molecule has 6 heteroatoms. The maximum absolute atomic E-state index is 13.2. The minimum absolute atomic E-state index is 0.218. The molecule has 0 atom stereocenters. The number of nitrogens with one attached hydrogen (secondary N) is 1. The van der Waals surface area contributed by atoms with Crippen molar-refractivity contribution in [2.24, 2.45) is 7.05 Å². The molecule has 78 valence electrons. The van der Waals surface area contributed by atoms with Crippen LogP contribution in [0, 0.1) is 17.5 Å². The quantitative estimate of drug-likeness (QED) is 0.511. The SMILES string of the molecule is C[n+]1cc(=O)c2cc(F)c(F)c(F)c2[nH]1. The zero-order valence-corrected chi connectivity index (χ0v) is 7.64. The van der Waals surface area contributed by atoms with Crippen LogP contribution in [0.25, 0.3) is 10.9 Å². The van der Waals surface area contributed by atoms with Crippen molar-refractivity contribution in [3.63, 3.8) is 0 Å². The first-order valence-electron chi connectivity index (χ1n) is 4.07. The molecule has 1 heterocycles. The third-order valence-corrected chi connectivity index (χ3v) is 2.03. The number of aromatic nitrogens is 2. The zero-order valence-electron chi connectivity index (χ0n) is 7.64. The Balaban J connectivity index is 3.05. The smallest absolute Gasteiger partial charge is 0.253 e. The van der Waals surface area contributed by atoms with Crippen LogP contribution in [0.5, 0.6) is 0 Å². The van der Waals surface area contributed by atoms with E-state index in [0.29, 0.717) is 6.07 Å². The third kappa shape index (κ3) is 1.38. The van der Waals surface area contributed by atoms with Crippen LogP contribution < -0.4 is 10.1 Å². The molecule has 0 aliphatic rings. The monoisotopic (exact) mass is 215 g/mol. The van der Waals surface area contributed by atoms with Crippen LogP contribution in [0.2, 0.25) is 0 Å². The number of rotatable bonds is 0. The van der Waals surface area contributed by atoms with Gasteiger partial charge in [-0.3, -0.25) is 4.79 Å². The highest BCUT2D eigenvalue weighted by atomic mass is 19.2. The fraction of sp³-hybridized carbons (Fsp3) is 0.111. The first kappa shape index (κ1) is 9.70. The summed E-state index contributed by atoms with van der Waals surface area (Å²) in [5, 5.41) is 2.18. The van der Waals surface area contributed by atoms with Crippen LogP contribution in [0.1, 0.15) is 0 Å². The van der Waals surface area contributed by atoms with E-state index in [9.17, 15) is 18.0 Å². The summed E-state index contributed by atoms with van der Waals surface area (Å²) in [7, 11) is 1.45. The van der Waals surface area contributed by atoms with E-state index in [0.717, 1.165) is 6.20 Å². The highest BCUT2D eigenvalue weighted by Crippen LogP contribution is 2.17. The standard InChI is InChI=1S/C9H5F3N2O/c1-14-3-6(15)4-2-5(10)7(11)8(12)9(4)13-14/h2-3H,1H3/p+1. The summed E-state index contributed by atoms with van der Waals surface area (Å²) in [6.45, 7) is 0. The number of hydrogen-bond donors (Lipinski definition) is 1. The molecule has 0 amide bonds. The average molecular weight is 215 g/mol. The van der Waals surface area contributed by atoms with Crippen LogP contribution in [0.4, 0.5) is 13.2 Å². The van der Waals surface area contributed by atoms with Crippen molar-refractivity contribution >= 4 is 10.9 Å². The molecule has 2 aromatic rings. The second-order valence-corrected chi connectivity index (χ2v) is 3.12. The Morgan fingerprint density at radius 2 is 1.93 bits per heavy atom. The van der Waals surface area contributed by atoms with Gasteiger partial charge in [-0.15, -0.1) is 4.68 Å². The maximum Gasteiger partial charge on any atom is 0.253 e. The van der Waals surface area contributed by atoms with E-state index in [1.165, 1.54) is 11.7 Å². The Morgan fingerprint density at radius 3 is 2.60 bits per heavy atom. The molecular formula is C9H6F3N2O+. The number of fused-ring (bicyclic) bond motifs is 1. The molecule has 0 unspecified atom stereocenters. The molecule has 0 bridgehead atoms. The van der Waals surface area contributed by atoms with Gasteiger partial charge in [0.05, 0.1) is 5.39 Å². The molecule has 0 saturated heterocycles. The lowest BCUT2D eigenvalue weighted by Gasteiger charge is -1.99. The molecule has 0 radical (unpaired) electrons. The second kappa shape index (κ2) is 3.08. The molecule has 0 aliphatic carbocycles. The van der Waals surface area contributed by atoms with Crippen molar-refractivity contribution in [1.82, 2.24) is 5.10 Å². The van der Waals surface area contributed by atoms with Crippen molar-refractivity contribution in [3.05, 3.63) is 39.9 Å². The lowest BCUT2D eigenvalue weighted by Crippen LogP contribution is -2.37. The van der Waals surface area contributed by atoms with E-state index in [1.54, 1.807) is 0 Å². The first-order valence-corrected chi connectivity index (χ1v) is 4.07. The van der Waals surface area contributed by atoms with Crippen molar-refractivity contribution in [1.29, 1.82) is 0 Å². The Morgan fingerprint density at radius 1 is 1.27 bits per heavy atom. The van der Waals surface area contributed by atoms with E-state index in [4.69, 9.17) is 0 Å². The molecule has 0 saturated carbocycles. The Labute approximate surface area is 81.8 Å². The van der Waals surface area contributed by atoms with Crippen LogP contribution in [-0.2, 0) is 7.05 Å². The Hall–Kier alpha value is -1.85. The number of H-pyrrole nitrogens is 1. The highest BCUT2D eigenvalue weighted by Gasteiger charge is 2.17. The van der Waals surface area contributed by atoms with Gasteiger partial charge in [-0.1, -0.05) is 0 Å². The molecule has 1 aromatic heterocycles. The number of halogens is 3. The molecule has 1 aromatic carbocycles. The number of nitrogens with zero attached hydrogens (tertiary/aromatic N) is 1. The number of aromatic amines is 1. The van der Waals surface area contributed by atoms with Gasteiger partial charge >= 0.3 is 0 Å². The van der Waals surface area contributed by atoms with Crippen LogP contribution in [0.15, 0.2) is 17.1 Å². The molecule has 0 aliphatic heterocycles. The topological polar surface area (TPSA) is 36.7 Å². The number of aryl methyl sites for hydroxylation is 1. The summed E-state index contributed by atoms with van der Waals surface area (Å²) < 4.78 is 40.1. The van der Waals surface area contributed by atoms with E-state index >= 15 is 0 Å². The van der Waals surface area contributed by atoms with Gasteiger partial charge in [0.2, 0.25) is 6.20 Å². The zero-order chi connectivity index (χ0) is 11.2. The van der Waals surface area contributed by atoms with E-state index in [2.05, 4.69) is 5.10 Å². The Kier molecular flexibility index (Phi) is 1.99. The number of hydrogen-bond acceptors (Lipinski definition) is 1. The fourth-order valence-electron chi connectivity index (χ4n) is 1.35. The predicted octanol–water partition coefficient (Wildman–Crippen LogP) is 0.770. The van der Waals surface area contributed by atoms with Gasteiger partial charge in [0.1, 0.15) is 5.52 Å². The first-order chi connectivity index (χ1) is 7.00. The lowest BCUT2D eigenvalue weighted by molar-refractivity contribution is -0.729. The predicted molar refractivity (Wildman–Crippen MR) is 45.6 cm³/mol. The largest absolute Gasteiger partial charge is 0.282 e. The highest BCUT2D eigenvalue weighted by molar-refractivity contribution is 5.77. The molecule has 15 heavy (non-hydrogen) atoms. The Bertz CT molecular complexity index is 606. The van der Waals surface area contributed by atoms with Crippen LogP contribution in [-0.4, -0.2) is 5.10 Å². The van der Waals surface area contributed by atoms with E-state index < -0.39 is 22.9 Å². The maximum atomic E-state index is 13.2. The van der Waals surface area contributed by atoms with Crippen LogP contribution in [0.3, 0.4) is 0 Å².